The second-order valence-electron chi connectivity index (χ2n) is 6.35. The van der Waals surface area contributed by atoms with Crippen molar-refractivity contribution in [2.45, 2.75) is 52.2 Å². The Morgan fingerprint density at radius 1 is 1.23 bits per heavy atom. The second kappa shape index (κ2) is 8.12. The van der Waals surface area contributed by atoms with Crippen LogP contribution in [0.1, 0.15) is 40.0 Å². The monoisotopic (exact) mass is 362 g/mol. The Bertz CT molecular complexity index is 726. The number of fused-ring (bicyclic) bond motifs is 1. The summed E-state index contributed by atoms with van der Waals surface area (Å²) in [5, 5.41) is 0. The lowest BCUT2D eigenvalue weighted by Crippen LogP contribution is -2.25. The summed E-state index contributed by atoms with van der Waals surface area (Å²) in [6, 6.07) is 0. The molecule has 0 N–H and O–H groups in total. The highest BCUT2D eigenvalue weighted by molar-refractivity contribution is 5.96. The van der Waals surface area contributed by atoms with E-state index in [1.54, 1.807) is 13.0 Å². The smallest absolute Gasteiger partial charge is 0.338 e. The van der Waals surface area contributed by atoms with Crippen LogP contribution in [-0.4, -0.2) is 42.5 Å². The molecule has 0 aromatic heterocycles. The van der Waals surface area contributed by atoms with Crippen LogP contribution in [0.2, 0.25) is 0 Å². The predicted octanol–water partition coefficient (Wildman–Crippen LogP) is 1.96. The minimum atomic E-state index is -0.743. The van der Waals surface area contributed by atoms with Crippen LogP contribution in [0.25, 0.3) is 0 Å². The molecule has 0 amide bonds. The van der Waals surface area contributed by atoms with Gasteiger partial charge in [0.25, 0.3) is 0 Å². The van der Waals surface area contributed by atoms with Crippen LogP contribution in [0, 0.1) is 0 Å². The molecule has 1 heterocycles. The lowest BCUT2D eigenvalue weighted by Gasteiger charge is -2.21. The fraction of sp³-hybridized carbons (Fsp3) is 0.474. The summed E-state index contributed by atoms with van der Waals surface area (Å²) in [6.45, 7) is 7.85. The summed E-state index contributed by atoms with van der Waals surface area (Å²) in [6.07, 6.45) is 1.01. The van der Waals surface area contributed by atoms with Crippen LogP contribution in [0.5, 0.6) is 0 Å². The molecule has 26 heavy (non-hydrogen) atoms. The Hall–Kier alpha value is -2.70. The van der Waals surface area contributed by atoms with Gasteiger partial charge in [-0.25, -0.2) is 4.79 Å². The SMILES string of the molecule is C=C1CCC2=C(COC(C)=O)C(=O)O[C@H]2/C=C(\C)[C@H](OC(C)=O)CC1=O. The second-order valence-corrected chi connectivity index (χ2v) is 6.35. The van der Waals surface area contributed by atoms with Crippen molar-refractivity contribution in [1.82, 2.24) is 0 Å². The Labute approximate surface area is 151 Å². The van der Waals surface area contributed by atoms with Gasteiger partial charge >= 0.3 is 17.9 Å². The number of carbonyl (C=O) groups is 4. The summed E-state index contributed by atoms with van der Waals surface area (Å²) in [5.74, 6) is -1.77. The molecule has 7 nitrogen and oxygen atoms in total. The molecule has 0 aromatic carbocycles. The van der Waals surface area contributed by atoms with Crippen molar-refractivity contribution in [1.29, 1.82) is 0 Å². The van der Waals surface area contributed by atoms with E-state index in [0.29, 0.717) is 29.6 Å². The minimum Gasteiger partial charge on any atom is -0.461 e. The number of ketones is 1. The van der Waals surface area contributed by atoms with Crippen LogP contribution in [0.3, 0.4) is 0 Å². The summed E-state index contributed by atoms with van der Waals surface area (Å²) < 4.78 is 15.6. The molecule has 0 spiro atoms. The average Bonchev–Trinajstić information content (AvgIpc) is 2.83. The summed E-state index contributed by atoms with van der Waals surface area (Å²) in [7, 11) is 0. The summed E-state index contributed by atoms with van der Waals surface area (Å²) in [4.78, 5) is 46.9. The van der Waals surface area contributed by atoms with Gasteiger partial charge < -0.3 is 14.2 Å². The molecule has 1 aliphatic heterocycles. The first-order valence-corrected chi connectivity index (χ1v) is 8.31. The molecule has 0 radical (unpaired) electrons. The highest BCUT2D eigenvalue weighted by Crippen LogP contribution is 2.32. The molecular weight excluding hydrogens is 340 g/mol. The highest BCUT2D eigenvalue weighted by atomic mass is 16.6. The van der Waals surface area contributed by atoms with Crippen LogP contribution in [0.15, 0.2) is 34.9 Å². The number of hydrogen-bond acceptors (Lipinski definition) is 7. The first-order chi connectivity index (χ1) is 12.2. The van der Waals surface area contributed by atoms with Crippen molar-refractivity contribution < 1.29 is 33.4 Å². The Morgan fingerprint density at radius 2 is 1.92 bits per heavy atom. The minimum absolute atomic E-state index is 0.000759. The molecular formula is C19H22O7. The number of ether oxygens (including phenoxy) is 3. The molecule has 2 atom stereocenters. The van der Waals surface area contributed by atoms with Crippen molar-refractivity contribution in [3.8, 4) is 0 Å². The van der Waals surface area contributed by atoms with Gasteiger partial charge in [-0.05, 0) is 42.6 Å². The van der Waals surface area contributed by atoms with Crippen LogP contribution in [-0.2, 0) is 33.4 Å². The first-order valence-electron chi connectivity index (χ1n) is 8.31. The number of Topliss-reactive ketones (excluding diaryl/α,β-unsaturated/α-hetero) is 1. The third-order valence-electron chi connectivity index (χ3n) is 4.32. The third-order valence-corrected chi connectivity index (χ3v) is 4.32. The third kappa shape index (κ3) is 4.68. The molecule has 0 bridgehead atoms. The highest BCUT2D eigenvalue weighted by Gasteiger charge is 2.35. The topological polar surface area (TPSA) is 96.0 Å². The standard InChI is InChI=1S/C19H22O7/c1-10-5-6-14-15(9-24-12(3)20)19(23)26-18(14)7-11(2)17(8-16(10)22)25-13(4)21/h7,17-18H,1,5-6,8-9H2,2-4H3/b11-7+/t17-,18+/m1/s1. The zero-order valence-electron chi connectivity index (χ0n) is 15.1. The van der Waals surface area contributed by atoms with Gasteiger partial charge in [0.1, 0.15) is 18.8 Å². The molecule has 0 unspecified atom stereocenters. The zero-order valence-corrected chi connectivity index (χ0v) is 15.1. The van der Waals surface area contributed by atoms with E-state index in [0.717, 1.165) is 0 Å². The number of carbonyl (C=O) groups excluding carboxylic acids is 4. The van der Waals surface area contributed by atoms with E-state index >= 15 is 0 Å². The van der Waals surface area contributed by atoms with E-state index in [9.17, 15) is 19.2 Å². The van der Waals surface area contributed by atoms with Crippen molar-refractivity contribution in [3.63, 3.8) is 0 Å². The number of esters is 3. The van der Waals surface area contributed by atoms with E-state index < -0.39 is 30.1 Å². The van der Waals surface area contributed by atoms with Crippen molar-refractivity contribution >= 4 is 23.7 Å². The van der Waals surface area contributed by atoms with Gasteiger partial charge in [-0.1, -0.05) is 6.58 Å². The number of hydrogen-bond donors (Lipinski definition) is 0. The maximum atomic E-state index is 12.3. The fourth-order valence-electron chi connectivity index (χ4n) is 2.89. The molecule has 140 valence electrons. The van der Waals surface area contributed by atoms with Gasteiger partial charge in [-0.2, -0.15) is 0 Å². The summed E-state index contributed by atoms with van der Waals surface area (Å²) >= 11 is 0. The molecule has 0 saturated heterocycles. The van der Waals surface area contributed by atoms with Gasteiger partial charge in [0.05, 0.1) is 12.0 Å². The van der Waals surface area contributed by atoms with Gasteiger partial charge in [0.15, 0.2) is 5.78 Å². The maximum Gasteiger partial charge on any atom is 0.338 e. The molecule has 2 aliphatic rings. The summed E-state index contributed by atoms with van der Waals surface area (Å²) in [5.41, 5.74) is 1.91. The van der Waals surface area contributed by atoms with Gasteiger partial charge in [-0.15, -0.1) is 0 Å². The van der Waals surface area contributed by atoms with Crippen LogP contribution >= 0.6 is 0 Å². The Kier molecular flexibility index (Phi) is 6.13. The number of rotatable bonds is 3. The maximum absolute atomic E-state index is 12.3. The normalized spacial score (nSPS) is 25.8. The van der Waals surface area contributed by atoms with E-state index in [1.807, 2.05) is 0 Å². The molecule has 0 saturated carbocycles. The Balaban J connectivity index is 2.41. The molecule has 0 fully saturated rings. The molecule has 7 heteroatoms. The van der Waals surface area contributed by atoms with Crippen LogP contribution in [0.4, 0.5) is 0 Å². The average molecular weight is 362 g/mol. The van der Waals surface area contributed by atoms with Crippen molar-refractivity contribution in [2.75, 3.05) is 6.61 Å². The van der Waals surface area contributed by atoms with Crippen molar-refractivity contribution in [2.24, 2.45) is 0 Å². The lowest BCUT2D eigenvalue weighted by atomic mass is 9.90. The first kappa shape index (κ1) is 19.6. The molecule has 2 rings (SSSR count). The quantitative estimate of drug-likeness (QED) is 0.328. The Morgan fingerprint density at radius 3 is 2.54 bits per heavy atom. The van der Waals surface area contributed by atoms with Gasteiger partial charge in [0, 0.05) is 13.8 Å². The predicted molar refractivity (Wildman–Crippen MR) is 90.8 cm³/mol. The van der Waals surface area contributed by atoms with Crippen molar-refractivity contribution in [3.05, 3.63) is 34.9 Å². The zero-order chi connectivity index (χ0) is 19.4. The number of allylic oxidation sites excluding steroid dienone is 1. The van der Waals surface area contributed by atoms with Gasteiger partial charge in [-0.3, -0.25) is 14.4 Å². The van der Waals surface area contributed by atoms with E-state index in [-0.39, 0.29) is 24.4 Å². The molecule has 0 aromatic rings. The van der Waals surface area contributed by atoms with E-state index in [2.05, 4.69) is 6.58 Å². The fourth-order valence-corrected chi connectivity index (χ4v) is 2.89. The van der Waals surface area contributed by atoms with Gasteiger partial charge in [0.2, 0.25) is 0 Å². The van der Waals surface area contributed by atoms with E-state index in [1.165, 1.54) is 13.8 Å². The van der Waals surface area contributed by atoms with Crippen LogP contribution < -0.4 is 0 Å². The lowest BCUT2D eigenvalue weighted by molar-refractivity contribution is -0.146. The molecule has 1 aliphatic carbocycles. The van der Waals surface area contributed by atoms with E-state index in [4.69, 9.17) is 14.2 Å². The largest absolute Gasteiger partial charge is 0.461 e.